The Bertz CT molecular complexity index is 1420. The minimum Gasteiger partial charge on any atom is -0.481 e. The number of methoxy groups -OCH3 is 1. The third-order valence-electron chi connectivity index (χ3n) is 5.34. The maximum Gasteiger partial charge on any atom is 0.326 e. The van der Waals surface area contributed by atoms with Gasteiger partial charge >= 0.3 is 5.97 Å². The van der Waals surface area contributed by atoms with Crippen LogP contribution >= 0.6 is 11.6 Å². The molecule has 0 saturated heterocycles. The number of hydrogen-bond acceptors (Lipinski definition) is 6. The Hall–Kier alpha value is -4.44. The van der Waals surface area contributed by atoms with Gasteiger partial charge in [-0.1, -0.05) is 29.8 Å². The summed E-state index contributed by atoms with van der Waals surface area (Å²) in [4.78, 5) is 48.9. The Morgan fingerprint density at radius 2 is 1.94 bits per heavy atom. The number of carbonyl (C=O) groups excluding carboxylic acids is 2. The van der Waals surface area contributed by atoms with Gasteiger partial charge in [-0.15, -0.1) is 0 Å². The summed E-state index contributed by atoms with van der Waals surface area (Å²) in [6, 6.07) is 13.7. The van der Waals surface area contributed by atoms with Crippen molar-refractivity contribution in [1.82, 2.24) is 20.3 Å². The molecule has 0 saturated carbocycles. The molecule has 1 atom stereocenters. The summed E-state index contributed by atoms with van der Waals surface area (Å²) in [5, 5.41) is 15.4. The SMILES string of the molecule is COc1ccc(NC(=O)c2ccccc2CC(=O)N[C@H](Cc2nc3ccc(Cl)cc3[nH]2)C(=O)O)cn1. The van der Waals surface area contributed by atoms with Crippen LogP contribution < -0.4 is 15.4 Å². The van der Waals surface area contributed by atoms with Gasteiger partial charge in [0.25, 0.3) is 5.91 Å². The third-order valence-corrected chi connectivity index (χ3v) is 5.58. The second kappa shape index (κ2) is 10.9. The first kappa shape index (κ1) is 24.7. The molecule has 0 unspecified atom stereocenters. The number of imidazole rings is 1. The zero-order valence-corrected chi connectivity index (χ0v) is 19.9. The molecule has 4 aromatic rings. The zero-order valence-electron chi connectivity index (χ0n) is 19.1. The molecule has 0 aliphatic heterocycles. The average Bonchev–Trinajstić information content (AvgIpc) is 3.25. The summed E-state index contributed by atoms with van der Waals surface area (Å²) in [6.07, 6.45) is 1.21. The molecular weight excluding hydrogens is 486 g/mol. The molecular formula is C25H22ClN5O5. The van der Waals surface area contributed by atoms with E-state index in [0.717, 1.165) is 0 Å². The first-order chi connectivity index (χ1) is 17.3. The van der Waals surface area contributed by atoms with Crippen LogP contribution in [0.25, 0.3) is 11.0 Å². The molecule has 36 heavy (non-hydrogen) atoms. The number of hydrogen-bond donors (Lipinski definition) is 4. The number of ether oxygens (including phenoxy) is 1. The van der Waals surface area contributed by atoms with Gasteiger partial charge in [0.2, 0.25) is 11.8 Å². The Morgan fingerprint density at radius 3 is 2.67 bits per heavy atom. The van der Waals surface area contributed by atoms with Crippen molar-refractivity contribution in [2.24, 2.45) is 0 Å². The molecule has 2 aromatic heterocycles. The fraction of sp³-hybridized carbons (Fsp3) is 0.160. The number of fused-ring (bicyclic) bond motifs is 1. The van der Waals surface area contributed by atoms with Crippen molar-refractivity contribution in [3.63, 3.8) is 0 Å². The Balaban J connectivity index is 1.44. The number of amides is 2. The maximum atomic E-state index is 12.8. The topological polar surface area (TPSA) is 146 Å². The van der Waals surface area contributed by atoms with Crippen LogP contribution in [0.15, 0.2) is 60.8 Å². The lowest BCUT2D eigenvalue weighted by molar-refractivity contribution is -0.141. The van der Waals surface area contributed by atoms with E-state index in [-0.39, 0.29) is 18.4 Å². The predicted octanol–water partition coefficient (Wildman–Crippen LogP) is 3.23. The monoisotopic (exact) mass is 507 g/mol. The number of aromatic amines is 1. The molecule has 0 spiro atoms. The van der Waals surface area contributed by atoms with Crippen LogP contribution in [-0.4, -0.2) is 51.0 Å². The lowest BCUT2D eigenvalue weighted by Gasteiger charge is -2.15. The van der Waals surface area contributed by atoms with Crippen LogP contribution in [0, 0.1) is 0 Å². The Labute approximate surface area is 210 Å². The number of halogens is 1. The van der Waals surface area contributed by atoms with Gasteiger partial charge < -0.3 is 25.5 Å². The van der Waals surface area contributed by atoms with Crippen molar-refractivity contribution in [2.45, 2.75) is 18.9 Å². The molecule has 0 aliphatic rings. The Morgan fingerprint density at radius 1 is 1.14 bits per heavy atom. The summed E-state index contributed by atoms with van der Waals surface area (Å²) in [6.45, 7) is 0. The lowest BCUT2D eigenvalue weighted by Crippen LogP contribution is -2.43. The van der Waals surface area contributed by atoms with E-state index in [1.165, 1.54) is 13.3 Å². The summed E-state index contributed by atoms with van der Waals surface area (Å²) in [7, 11) is 1.49. The van der Waals surface area contributed by atoms with Gasteiger partial charge in [0.15, 0.2) is 0 Å². The fourth-order valence-electron chi connectivity index (χ4n) is 3.61. The highest BCUT2D eigenvalue weighted by molar-refractivity contribution is 6.31. The molecule has 0 radical (unpaired) electrons. The zero-order chi connectivity index (χ0) is 25.7. The van der Waals surface area contributed by atoms with E-state index in [4.69, 9.17) is 16.3 Å². The second-order valence-corrected chi connectivity index (χ2v) is 8.32. The number of carbonyl (C=O) groups is 3. The number of rotatable bonds is 9. The largest absolute Gasteiger partial charge is 0.481 e. The smallest absolute Gasteiger partial charge is 0.326 e. The third kappa shape index (κ3) is 5.97. The number of anilines is 1. The normalized spacial score (nSPS) is 11.6. The van der Waals surface area contributed by atoms with Crippen LogP contribution in [0.2, 0.25) is 5.02 Å². The minimum absolute atomic E-state index is 0.0556. The van der Waals surface area contributed by atoms with Gasteiger partial charge in [0.05, 0.1) is 36.4 Å². The van der Waals surface area contributed by atoms with E-state index in [2.05, 4.69) is 25.6 Å². The van der Waals surface area contributed by atoms with Crippen LogP contribution in [0.3, 0.4) is 0 Å². The molecule has 0 aliphatic carbocycles. The van der Waals surface area contributed by atoms with Gasteiger partial charge in [0, 0.05) is 23.1 Å². The number of carboxylic acid groups (broad SMARTS) is 1. The highest BCUT2D eigenvalue weighted by Gasteiger charge is 2.23. The van der Waals surface area contributed by atoms with Gasteiger partial charge in [-0.2, -0.15) is 0 Å². The van der Waals surface area contributed by atoms with Crippen molar-refractivity contribution in [3.8, 4) is 5.88 Å². The first-order valence-electron chi connectivity index (χ1n) is 10.9. The molecule has 2 amide bonds. The number of nitrogens with one attached hydrogen (secondary N) is 3. The number of carboxylic acids is 1. The molecule has 0 fully saturated rings. The van der Waals surface area contributed by atoms with E-state index >= 15 is 0 Å². The number of pyridine rings is 1. The van der Waals surface area contributed by atoms with Crippen molar-refractivity contribution >= 4 is 46.1 Å². The average molecular weight is 508 g/mol. The maximum absolute atomic E-state index is 12.8. The number of nitrogens with zero attached hydrogens (tertiary/aromatic N) is 2. The molecule has 2 aromatic carbocycles. The van der Waals surface area contributed by atoms with Crippen molar-refractivity contribution in [2.75, 3.05) is 12.4 Å². The lowest BCUT2D eigenvalue weighted by atomic mass is 10.0. The summed E-state index contributed by atoms with van der Waals surface area (Å²) >= 11 is 5.99. The van der Waals surface area contributed by atoms with E-state index < -0.39 is 23.8 Å². The fourth-order valence-corrected chi connectivity index (χ4v) is 3.78. The van der Waals surface area contributed by atoms with Crippen molar-refractivity contribution in [3.05, 3.63) is 82.8 Å². The van der Waals surface area contributed by atoms with Gasteiger partial charge in [-0.05, 0) is 35.9 Å². The first-order valence-corrected chi connectivity index (χ1v) is 11.3. The Kier molecular flexibility index (Phi) is 7.45. The van der Waals surface area contributed by atoms with Crippen LogP contribution in [-0.2, 0) is 22.4 Å². The molecule has 10 nitrogen and oxygen atoms in total. The highest BCUT2D eigenvalue weighted by atomic mass is 35.5. The van der Waals surface area contributed by atoms with E-state index in [1.807, 2.05) is 0 Å². The molecule has 2 heterocycles. The summed E-state index contributed by atoms with van der Waals surface area (Å²) in [5.41, 5.74) is 2.48. The number of aromatic nitrogens is 3. The number of benzene rings is 2. The summed E-state index contributed by atoms with van der Waals surface area (Å²) < 4.78 is 5.01. The molecule has 11 heteroatoms. The van der Waals surface area contributed by atoms with E-state index in [0.29, 0.717) is 39.0 Å². The molecule has 0 bridgehead atoms. The van der Waals surface area contributed by atoms with E-state index in [1.54, 1.807) is 54.6 Å². The predicted molar refractivity (Wildman–Crippen MR) is 133 cm³/mol. The van der Waals surface area contributed by atoms with Crippen LogP contribution in [0.5, 0.6) is 5.88 Å². The van der Waals surface area contributed by atoms with Gasteiger partial charge in [0.1, 0.15) is 11.9 Å². The van der Waals surface area contributed by atoms with Crippen LogP contribution in [0.1, 0.15) is 21.7 Å². The second-order valence-electron chi connectivity index (χ2n) is 7.88. The molecule has 4 N–H and O–H groups in total. The number of aliphatic carboxylic acids is 1. The summed E-state index contributed by atoms with van der Waals surface area (Å²) in [5.74, 6) is -1.38. The van der Waals surface area contributed by atoms with Crippen molar-refractivity contribution < 1.29 is 24.2 Å². The standard InChI is InChI=1S/C25H22ClN5O5/c1-36-23-9-7-16(13-27-23)28-24(33)17-5-3-2-4-14(17)10-22(32)31-20(25(34)35)12-21-29-18-8-6-15(26)11-19(18)30-21/h2-9,11,13,20H,10,12H2,1H3,(H,28,33)(H,29,30)(H,31,32)(H,34,35)/t20-/m1/s1. The van der Waals surface area contributed by atoms with E-state index in [9.17, 15) is 19.5 Å². The minimum atomic E-state index is -1.22. The van der Waals surface area contributed by atoms with Crippen molar-refractivity contribution in [1.29, 1.82) is 0 Å². The molecule has 4 rings (SSSR count). The number of H-pyrrole nitrogens is 1. The molecule has 184 valence electrons. The highest BCUT2D eigenvalue weighted by Crippen LogP contribution is 2.18. The van der Waals surface area contributed by atoms with Gasteiger partial charge in [-0.3, -0.25) is 9.59 Å². The quantitative estimate of drug-likeness (QED) is 0.272. The van der Waals surface area contributed by atoms with Crippen LogP contribution in [0.4, 0.5) is 5.69 Å². The van der Waals surface area contributed by atoms with Gasteiger partial charge in [-0.25, -0.2) is 14.8 Å².